The average Bonchev–Trinajstić information content (AvgIpc) is 2.69. The monoisotopic (exact) mass is 373 g/mol. The van der Waals surface area contributed by atoms with Crippen LogP contribution in [-0.2, 0) is 0 Å². The van der Waals surface area contributed by atoms with Gasteiger partial charge < -0.3 is 5.11 Å². The smallest absolute Gasteiger partial charge is 0.165 e. The second-order valence-electron chi connectivity index (χ2n) is 5.52. The number of Topliss-reactive ketones (excluding diaryl/α,β-unsaturated/α-hetero) is 1. The lowest BCUT2D eigenvalue weighted by molar-refractivity contribution is 0.0910. The molecule has 1 unspecified atom stereocenters. The number of carbonyl (C=O) groups excluding carboxylic acids is 1. The fourth-order valence-corrected chi connectivity index (χ4v) is 3.61. The number of benzene rings is 1. The maximum absolute atomic E-state index is 12.3. The number of ketones is 1. The molecule has 1 saturated heterocycles. The lowest BCUT2D eigenvalue weighted by Gasteiger charge is -2.28. The number of nitrogens with zero attached hydrogens (tertiary/aromatic N) is 1. The molecule has 1 aliphatic heterocycles. The lowest BCUT2D eigenvalue weighted by atomic mass is 10.1. The normalized spacial score (nSPS) is 20.2. The van der Waals surface area contributed by atoms with Gasteiger partial charge in [0.1, 0.15) is 0 Å². The third-order valence-electron chi connectivity index (χ3n) is 4.07. The molecule has 116 valence electrons. The van der Waals surface area contributed by atoms with E-state index < -0.39 is 0 Å². The van der Waals surface area contributed by atoms with Crippen molar-refractivity contribution in [3.63, 3.8) is 0 Å². The van der Waals surface area contributed by atoms with Gasteiger partial charge in [-0.2, -0.15) is 0 Å². The first-order chi connectivity index (χ1) is 10.1. The van der Waals surface area contributed by atoms with Gasteiger partial charge in [-0.05, 0) is 37.6 Å². The van der Waals surface area contributed by atoms with Gasteiger partial charge in [0, 0.05) is 29.0 Å². The summed E-state index contributed by atoms with van der Waals surface area (Å²) in [6.07, 6.45) is 4.97. The summed E-state index contributed by atoms with van der Waals surface area (Å²) in [4.78, 5) is 14.6. The van der Waals surface area contributed by atoms with Crippen LogP contribution in [0.4, 0.5) is 0 Å². The summed E-state index contributed by atoms with van der Waals surface area (Å²) in [6, 6.07) is 5.54. The summed E-state index contributed by atoms with van der Waals surface area (Å²) in [5.41, 5.74) is 0.579. The Morgan fingerprint density at radius 1 is 1.38 bits per heavy atom. The fourth-order valence-electron chi connectivity index (χ4n) is 2.83. The Balaban J connectivity index is 1.96. The van der Waals surface area contributed by atoms with Crippen LogP contribution < -0.4 is 0 Å². The highest BCUT2D eigenvalue weighted by Gasteiger charge is 2.21. The molecule has 21 heavy (non-hydrogen) atoms. The van der Waals surface area contributed by atoms with E-state index in [0.29, 0.717) is 23.6 Å². The number of aliphatic hydroxyl groups is 1. The van der Waals surface area contributed by atoms with E-state index in [-0.39, 0.29) is 18.4 Å². The molecular formula is C16H21BrClNO2. The van der Waals surface area contributed by atoms with Gasteiger partial charge in [0.05, 0.1) is 11.6 Å². The van der Waals surface area contributed by atoms with E-state index in [1.807, 2.05) is 6.07 Å². The van der Waals surface area contributed by atoms with Crippen molar-refractivity contribution in [2.75, 3.05) is 19.7 Å². The third kappa shape index (κ3) is 4.78. The van der Waals surface area contributed by atoms with Crippen LogP contribution in [0.3, 0.4) is 0 Å². The topological polar surface area (TPSA) is 40.5 Å². The molecule has 2 rings (SSSR count). The van der Waals surface area contributed by atoms with Crippen molar-refractivity contribution < 1.29 is 9.90 Å². The summed E-state index contributed by atoms with van der Waals surface area (Å²) in [7, 11) is 0. The van der Waals surface area contributed by atoms with E-state index in [0.717, 1.165) is 30.3 Å². The van der Waals surface area contributed by atoms with Gasteiger partial charge in [0.25, 0.3) is 0 Å². The molecule has 1 heterocycles. The maximum Gasteiger partial charge on any atom is 0.165 e. The van der Waals surface area contributed by atoms with Crippen LogP contribution in [0.15, 0.2) is 22.7 Å². The van der Waals surface area contributed by atoms with Crippen LogP contribution in [0, 0.1) is 0 Å². The Morgan fingerprint density at radius 2 is 2.19 bits per heavy atom. The lowest BCUT2D eigenvalue weighted by Crippen LogP contribution is -2.38. The Labute approximate surface area is 139 Å². The van der Waals surface area contributed by atoms with Gasteiger partial charge in [-0.25, -0.2) is 0 Å². The van der Waals surface area contributed by atoms with Gasteiger partial charge in [-0.3, -0.25) is 9.69 Å². The SMILES string of the molecule is O=C(CCN1CCCCCC1CO)c1ccc(Br)cc1Cl. The van der Waals surface area contributed by atoms with Gasteiger partial charge in [0.15, 0.2) is 5.78 Å². The number of halogens is 2. The molecule has 3 nitrogen and oxygen atoms in total. The van der Waals surface area contributed by atoms with Crippen LogP contribution >= 0.6 is 27.5 Å². The summed E-state index contributed by atoms with van der Waals surface area (Å²) in [5, 5.41) is 9.98. The van der Waals surface area contributed by atoms with Crippen molar-refractivity contribution in [3.05, 3.63) is 33.3 Å². The van der Waals surface area contributed by atoms with Crippen LogP contribution in [0.25, 0.3) is 0 Å². The molecule has 0 spiro atoms. The molecule has 0 radical (unpaired) electrons. The van der Waals surface area contributed by atoms with Crippen molar-refractivity contribution in [1.29, 1.82) is 0 Å². The molecule has 0 aliphatic carbocycles. The molecule has 1 aromatic rings. The van der Waals surface area contributed by atoms with Gasteiger partial charge in [-0.1, -0.05) is 40.4 Å². The van der Waals surface area contributed by atoms with Gasteiger partial charge >= 0.3 is 0 Å². The summed E-state index contributed by atoms with van der Waals surface area (Å²) in [6.45, 7) is 1.83. The quantitative estimate of drug-likeness (QED) is 0.794. The zero-order chi connectivity index (χ0) is 15.2. The largest absolute Gasteiger partial charge is 0.395 e. The minimum absolute atomic E-state index is 0.0634. The zero-order valence-electron chi connectivity index (χ0n) is 12.0. The van der Waals surface area contributed by atoms with Crippen LogP contribution in [0.2, 0.25) is 5.02 Å². The number of hydrogen-bond donors (Lipinski definition) is 1. The zero-order valence-corrected chi connectivity index (χ0v) is 14.4. The molecule has 0 aromatic heterocycles. The van der Waals surface area contributed by atoms with Gasteiger partial charge in [0.2, 0.25) is 0 Å². The first-order valence-corrected chi connectivity index (χ1v) is 8.62. The fraction of sp³-hybridized carbons (Fsp3) is 0.562. The minimum atomic E-state index is 0.0634. The summed E-state index contributed by atoms with van der Waals surface area (Å²) in [5.74, 6) is 0.0634. The van der Waals surface area contributed by atoms with Gasteiger partial charge in [-0.15, -0.1) is 0 Å². The average molecular weight is 375 g/mol. The summed E-state index contributed by atoms with van der Waals surface area (Å²) < 4.78 is 0.872. The second-order valence-corrected chi connectivity index (χ2v) is 6.84. The Bertz CT molecular complexity index is 495. The number of rotatable bonds is 5. The van der Waals surface area contributed by atoms with Crippen molar-refractivity contribution in [2.24, 2.45) is 0 Å². The number of likely N-dealkylation sites (tertiary alicyclic amines) is 1. The van der Waals surface area contributed by atoms with E-state index >= 15 is 0 Å². The molecular weight excluding hydrogens is 354 g/mol. The molecule has 1 aromatic carbocycles. The van der Waals surface area contributed by atoms with E-state index in [4.69, 9.17) is 11.6 Å². The Kier molecular flexibility index (Phi) is 6.68. The van der Waals surface area contributed by atoms with E-state index in [2.05, 4.69) is 20.8 Å². The Hall–Kier alpha value is -0.420. The van der Waals surface area contributed by atoms with Crippen LogP contribution in [0.1, 0.15) is 42.5 Å². The highest BCUT2D eigenvalue weighted by atomic mass is 79.9. The summed E-state index contributed by atoms with van der Waals surface area (Å²) >= 11 is 9.46. The van der Waals surface area contributed by atoms with Crippen molar-refractivity contribution in [1.82, 2.24) is 4.90 Å². The molecule has 0 saturated carbocycles. The molecule has 1 fully saturated rings. The minimum Gasteiger partial charge on any atom is -0.395 e. The van der Waals surface area contributed by atoms with Crippen molar-refractivity contribution in [3.8, 4) is 0 Å². The number of aliphatic hydroxyl groups excluding tert-OH is 1. The number of hydrogen-bond acceptors (Lipinski definition) is 3. The van der Waals surface area contributed by atoms with E-state index in [1.165, 1.54) is 6.42 Å². The number of carbonyl (C=O) groups is 1. The van der Waals surface area contributed by atoms with E-state index in [1.54, 1.807) is 12.1 Å². The third-order valence-corrected chi connectivity index (χ3v) is 4.87. The highest BCUT2D eigenvalue weighted by molar-refractivity contribution is 9.10. The molecule has 1 N–H and O–H groups in total. The molecule has 1 aliphatic rings. The maximum atomic E-state index is 12.3. The molecule has 1 atom stereocenters. The predicted molar refractivity (Wildman–Crippen MR) is 89.0 cm³/mol. The predicted octanol–water partition coefficient (Wildman–Crippen LogP) is 3.91. The van der Waals surface area contributed by atoms with Crippen molar-refractivity contribution >= 4 is 33.3 Å². The Morgan fingerprint density at radius 3 is 2.90 bits per heavy atom. The molecule has 0 amide bonds. The standard InChI is InChI=1S/C16H21BrClNO2/c17-12-5-6-14(15(18)10-12)16(21)7-9-19-8-3-1-2-4-13(19)11-20/h5-6,10,13,20H,1-4,7-9,11H2. The molecule has 5 heteroatoms. The first kappa shape index (κ1) is 16.9. The molecule has 0 bridgehead atoms. The second kappa shape index (κ2) is 8.28. The van der Waals surface area contributed by atoms with Crippen molar-refractivity contribution in [2.45, 2.75) is 38.1 Å². The highest BCUT2D eigenvalue weighted by Crippen LogP contribution is 2.23. The van der Waals surface area contributed by atoms with E-state index in [9.17, 15) is 9.90 Å². The first-order valence-electron chi connectivity index (χ1n) is 7.45. The van der Waals surface area contributed by atoms with Crippen LogP contribution in [-0.4, -0.2) is 41.5 Å². The van der Waals surface area contributed by atoms with Crippen LogP contribution in [0.5, 0.6) is 0 Å².